The number of β-amino-alcohol motifs (C(OH)–C–C–N with tert-alkyl or cyclic N) is 1. The summed E-state index contributed by atoms with van der Waals surface area (Å²) in [5, 5.41) is 18.2. The number of carbonyl (C=O) groups is 1. The highest BCUT2D eigenvalue weighted by Crippen LogP contribution is 2.28. The fourth-order valence-electron chi connectivity index (χ4n) is 2.19. The number of benzene rings is 1. The quantitative estimate of drug-likeness (QED) is 0.867. The van der Waals surface area contributed by atoms with Gasteiger partial charge in [-0.25, -0.2) is 17.6 Å². The summed E-state index contributed by atoms with van der Waals surface area (Å²) in [6, 6.07) is 1.73. The highest BCUT2D eigenvalue weighted by molar-refractivity contribution is 7.89. The molecule has 1 aromatic rings. The molecule has 0 saturated carbocycles. The molecule has 1 aromatic carbocycles. The molecule has 0 aromatic heterocycles. The van der Waals surface area contributed by atoms with Crippen LogP contribution in [0.25, 0.3) is 0 Å². The van der Waals surface area contributed by atoms with Crippen molar-refractivity contribution < 1.29 is 27.8 Å². The van der Waals surface area contributed by atoms with Crippen LogP contribution in [0.5, 0.6) is 0 Å². The van der Waals surface area contributed by atoms with Gasteiger partial charge >= 0.3 is 5.97 Å². The maximum Gasteiger partial charge on any atom is 0.338 e. The van der Waals surface area contributed by atoms with Crippen LogP contribution in [0, 0.1) is 5.82 Å². The van der Waals surface area contributed by atoms with Crippen LogP contribution in [0.15, 0.2) is 17.0 Å². The Kier molecular flexibility index (Phi) is 4.52. The molecule has 1 atom stereocenters. The van der Waals surface area contributed by atoms with E-state index in [9.17, 15) is 22.7 Å². The predicted octanol–water partition coefficient (Wildman–Crippen LogP) is 1.32. The number of halogens is 2. The molecule has 0 amide bonds. The molecule has 21 heavy (non-hydrogen) atoms. The lowest BCUT2D eigenvalue weighted by Gasteiger charge is -2.29. The van der Waals surface area contributed by atoms with Crippen LogP contribution >= 0.6 is 11.6 Å². The van der Waals surface area contributed by atoms with Crippen LogP contribution in [-0.2, 0) is 10.0 Å². The van der Waals surface area contributed by atoms with Crippen molar-refractivity contribution in [3.05, 3.63) is 28.5 Å². The first-order valence-corrected chi connectivity index (χ1v) is 7.96. The van der Waals surface area contributed by atoms with E-state index < -0.39 is 38.4 Å². The van der Waals surface area contributed by atoms with E-state index in [0.717, 1.165) is 16.4 Å². The Balaban J connectivity index is 2.52. The van der Waals surface area contributed by atoms with E-state index in [1.54, 1.807) is 0 Å². The molecule has 1 heterocycles. The lowest BCUT2D eigenvalue weighted by molar-refractivity contribution is 0.0691. The average Bonchev–Trinajstić information content (AvgIpc) is 2.40. The van der Waals surface area contributed by atoms with Crippen LogP contribution in [0.2, 0.25) is 5.02 Å². The molecule has 0 aliphatic carbocycles. The number of nitrogens with zero attached hydrogens (tertiary/aromatic N) is 1. The second-order valence-corrected chi connectivity index (χ2v) is 7.07. The van der Waals surface area contributed by atoms with Crippen LogP contribution in [0.1, 0.15) is 23.2 Å². The van der Waals surface area contributed by atoms with E-state index in [4.69, 9.17) is 16.7 Å². The van der Waals surface area contributed by atoms with Gasteiger partial charge in [-0.2, -0.15) is 4.31 Å². The van der Waals surface area contributed by atoms with Gasteiger partial charge in [-0.3, -0.25) is 0 Å². The molecule has 2 rings (SSSR count). The highest BCUT2D eigenvalue weighted by Gasteiger charge is 2.33. The Morgan fingerprint density at radius 3 is 2.67 bits per heavy atom. The molecule has 2 N–H and O–H groups in total. The lowest BCUT2D eigenvalue weighted by Crippen LogP contribution is -2.42. The maximum absolute atomic E-state index is 14.1. The number of carboxylic acid groups (broad SMARTS) is 1. The zero-order valence-corrected chi connectivity index (χ0v) is 12.4. The van der Waals surface area contributed by atoms with E-state index in [2.05, 4.69) is 0 Å². The Hall–Kier alpha value is -1.22. The first-order valence-electron chi connectivity index (χ1n) is 6.14. The average molecular weight is 338 g/mol. The van der Waals surface area contributed by atoms with Crippen molar-refractivity contribution in [2.75, 3.05) is 13.1 Å². The topological polar surface area (TPSA) is 94.9 Å². The van der Waals surface area contributed by atoms with Gasteiger partial charge in [0.25, 0.3) is 0 Å². The minimum Gasteiger partial charge on any atom is -0.478 e. The zero-order valence-electron chi connectivity index (χ0n) is 10.8. The lowest BCUT2D eigenvalue weighted by atomic mass is 10.1. The first kappa shape index (κ1) is 16.2. The van der Waals surface area contributed by atoms with Gasteiger partial charge in [0.05, 0.1) is 11.7 Å². The van der Waals surface area contributed by atoms with Gasteiger partial charge in [0.15, 0.2) is 5.82 Å². The van der Waals surface area contributed by atoms with Crippen molar-refractivity contribution in [1.82, 2.24) is 4.31 Å². The fourth-order valence-corrected chi connectivity index (χ4v) is 4.10. The molecular weight excluding hydrogens is 325 g/mol. The Labute approximate surface area is 125 Å². The number of aromatic carboxylic acids is 1. The summed E-state index contributed by atoms with van der Waals surface area (Å²) in [5.74, 6) is -2.96. The number of sulfonamides is 1. The Bertz CT molecular complexity index is 678. The van der Waals surface area contributed by atoms with Gasteiger partial charge in [-0.1, -0.05) is 11.6 Å². The van der Waals surface area contributed by atoms with Crippen LogP contribution in [-0.4, -0.2) is 48.1 Å². The summed E-state index contributed by atoms with van der Waals surface area (Å²) in [7, 11) is -4.25. The number of rotatable bonds is 3. The summed E-state index contributed by atoms with van der Waals surface area (Å²) in [4.78, 5) is 10.1. The largest absolute Gasteiger partial charge is 0.478 e. The summed E-state index contributed by atoms with van der Waals surface area (Å²) >= 11 is 5.68. The van der Waals surface area contributed by atoms with Crippen molar-refractivity contribution in [2.45, 2.75) is 23.8 Å². The second-order valence-electron chi connectivity index (χ2n) is 4.73. The molecule has 9 heteroatoms. The molecule has 0 radical (unpaired) electrons. The highest BCUT2D eigenvalue weighted by atomic mass is 35.5. The Morgan fingerprint density at radius 1 is 1.43 bits per heavy atom. The normalized spacial score (nSPS) is 20.4. The van der Waals surface area contributed by atoms with Crippen molar-refractivity contribution in [2.24, 2.45) is 0 Å². The maximum atomic E-state index is 14.1. The summed E-state index contributed by atoms with van der Waals surface area (Å²) < 4.78 is 39.9. The number of aliphatic hydroxyl groups excluding tert-OH is 1. The van der Waals surface area contributed by atoms with E-state index >= 15 is 0 Å². The van der Waals surface area contributed by atoms with Crippen molar-refractivity contribution in [3.8, 4) is 0 Å². The Morgan fingerprint density at radius 2 is 2.10 bits per heavy atom. The van der Waals surface area contributed by atoms with Gasteiger partial charge in [-0.05, 0) is 25.0 Å². The minimum absolute atomic E-state index is 0.133. The second kappa shape index (κ2) is 5.88. The van der Waals surface area contributed by atoms with Gasteiger partial charge in [0.1, 0.15) is 4.90 Å². The number of aliphatic hydroxyl groups is 1. The summed E-state index contributed by atoms with van der Waals surface area (Å²) in [6.07, 6.45) is 0.0772. The third-order valence-corrected chi connectivity index (χ3v) is 5.29. The number of hydrogen-bond acceptors (Lipinski definition) is 4. The smallest absolute Gasteiger partial charge is 0.338 e. The van der Waals surface area contributed by atoms with Crippen molar-refractivity contribution in [3.63, 3.8) is 0 Å². The van der Waals surface area contributed by atoms with Crippen LogP contribution < -0.4 is 0 Å². The standard InChI is InChI=1S/C12H13ClFNO5S/c13-7-4-9(12(17)18)11(14)10(5-7)21(19,20)15-3-1-2-8(16)6-15/h4-5,8,16H,1-3,6H2,(H,17,18)/t8-/m0/s1. The van der Waals surface area contributed by atoms with E-state index in [-0.39, 0.29) is 18.1 Å². The molecule has 116 valence electrons. The first-order chi connectivity index (χ1) is 9.73. The van der Waals surface area contributed by atoms with E-state index in [0.29, 0.717) is 12.8 Å². The molecule has 1 aliphatic heterocycles. The van der Waals surface area contributed by atoms with Gasteiger partial charge in [-0.15, -0.1) is 0 Å². The number of carboxylic acids is 1. The van der Waals surface area contributed by atoms with Gasteiger partial charge in [0, 0.05) is 18.1 Å². The molecular formula is C12H13ClFNO5S. The minimum atomic E-state index is -4.25. The zero-order chi connectivity index (χ0) is 15.8. The monoisotopic (exact) mass is 337 g/mol. The fraction of sp³-hybridized carbons (Fsp3) is 0.417. The SMILES string of the molecule is O=C(O)c1cc(Cl)cc(S(=O)(=O)N2CCC[C@H](O)C2)c1F. The van der Waals surface area contributed by atoms with Crippen LogP contribution in [0.4, 0.5) is 4.39 Å². The molecule has 0 bridgehead atoms. The summed E-state index contributed by atoms with van der Waals surface area (Å²) in [6.45, 7) is -0.0234. The number of piperidine rings is 1. The molecule has 1 saturated heterocycles. The molecule has 0 unspecified atom stereocenters. The predicted molar refractivity (Wildman–Crippen MR) is 72.4 cm³/mol. The third-order valence-electron chi connectivity index (χ3n) is 3.21. The summed E-state index contributed by atoms with van der Waals surface area (Å²) in [5.41, 5.74) is -0.807. The van der Waals surface area contributed by atoms with E-state index in [1.807, 2.05) is 0 Å². The molecule has 1 fully saturated rings. The number of hydrogen-bond donors (Lipinski definition) is 2. The van der Waals surface area contributed by atoms with Crippen molar-refractivity contribution >= 4 is 27.6 Å². The molecule has 6 nitrogen and oxygen atoms in total. The van der Waals surface area contributed by atoms with Crippen molar-refractivity contribution in [1.29, 1.82) is 0 Å². The molecule has 1 aliphatic rings. The van der Waals surface area contributed by atoms with Crippen LogP contribution in [0.3, 0.4) is 0 Å². The van der Waals surface area contributed by atoms with Gasteiger partial charge in [0.2, 0.25) is 10.0 Å². The molecule has 0 spiro atoms. The third kappa shape index (κ3) is 3.18. The van der Waals surface area contributed by atoms with Gasteiger partial charge < -0.3 is 10.2 Å². The van der Waals surface area contributed by atoms with E-state index in [1.165, 1.54) is 0 Å².